The summed E-state index contributed by atoms with van der Waals surface area (Å²) in [6.45, 7) is 5.70. The van der Waals surface area contributed by atoms with E-state index in [4.69, 9.17) is 10.5 Å². The molecular formula is C20H17N7. The first-order valence-corrected chi connectivity index (χ1v) is 8.27. The fourth-order valence-corrected chi connectivity index (χ4v) is 2.65. The molecule has 1 aromatic heterocycles. The van der Waals surface area contributed by atoms with Crippen LogP contribution in [0.25, 0.3) is 0 Å². The molecule has 0 saturated carbocycles. The van der Waals surface area contributed by atoms with E-state index in [0.29, 0.717) is 28.6 Å². The lowest BCUT2D eigenvalue weighted by Crippen LogP contribution is -2.07. The van der Waals surface area contributed by atoms with Gasteiger partial charge >= 0.3 is 0 Å². The molecule has 0 amide bonds. The van der Waals surface area contributed by atoms with Crippen molar-refractivity contribution in [3.05, 3.63) is 64.3 Å². The second kappa shape index (κ2) is 7.51. The zero-order valence-electron chi connectivity index (χ0n) is 15.2. The third-order valence-corrected chi connectivity index (χ3v) is 4.03. The van der Waals surface area contributed by atoms with E-state index in [2.05, 4.69) is 38.0 Å². The van der Waals surface area contributed by atoms with Gasteiger partial charge in [0.1, 0.15) is 5.69 Å². The maximum atomic E-state index is 9.09. The molecule has 3 rings (SSSR count). The van der Waals surface area contributed by atoms with Crippen LogP contribution in [0.15, 0.2) is 36.4 Å². The number of hydrogen-bond acceptors (Lipinski definition) is 7. The molecule has 2 aromatic carbocycles. The van der Waals surface area contributed by atoms with Crippen LogP contribution in [-0.4, -0.2) is 15.2 Å². The summed E-state index contributed by atoms with van der Waals surface area (Å²) < 4.78 is 0. The van der Waals surface area contributed by atoms with Crippen LogP contribution in [0.5, 0.6) is 0 Å². The average Bonchev–Trinajstić information content (AvgIpc) is 2.67. The standard InChI is InChI=1S/C20H17N7/c1-12-8-16(11-22)9-13(2)18(12)24-19-14(3)26-27-20(25-19)23-17-6-4-15(10-21)5-7-17/h4-9H,1-3H3,(H2,23,24,25,27). The summed E-state index contributed by atoms with van der Waals surface area (Å²) in [5.41, 5.74) is 5.41. The van der Waals surface area contributed by atoms with Gasteiger partial charge in [0.2, 0.25) is 5.95 Å². The third-order valence-electron chi connectivity index (χ3n) is 4.03. The molecule has 132 valence electrons. The molecule has 0 radical (unpaired) electrons. The SMILES string of the molecule is Cc1cc(C#N)cc(C)c1Nc1nc(Nc2ccc(C#N)cc2)nnc1C. The number of nitrogens with zero attached hydrogens (tertiary/aromatic N) is 5. The van der Waals surface area contributed by atoms with Crippen molar-refractivity contribution < 1.29 is 0 Å². The summed E-state index contributed by atoms with van der Waals surface area (Å²) >= 11 is 0. The molecule has 2 N–H and O–H groups in total. The summed E-state index contributed by atoms with van der Waals surface area (Å²) in [4.78, 5) is 4.50. The van der Waals surface area contributed by atoms with Crippen LogP contribution >= 0.6 is 0 Å². The first-order chi connectivity index (χ1) is 13.0. The van der Waals surface area contributed by atoms with Gasteiger partial charge in [0.15, 0.2) is 5.82 Å². The number of nitriles is 2. The monoisotopic (exact) mass is 355 g/mol. The summed E-state index contributed by atoms with van der Waals surface area (Å²) in [6, 6.07) is 14.9. The second-order valence-corrected chi connectivity index (χ2v) is 6.11. The second-order valence-electron chi connectivity index (χ2n) is 6.11. The van der Waals surface area contributed by atoms with Crippen LogP contribution in [0.4, 0.5) is 23.1 Å². The van der Waals surface area contributed by atoms with Gasteiger partial charge in [0.05, 0.1) is 23.3 Å². The van der Waals surface area contributed by atoms with Crippen molar-refractivity contribution in [1.82, 2.24) is 15.2 Å². The maximum Gasteiger partial charge on any atom is 0.249 e. The Hall–Kier alpha value is -3.97. The molecule has 3 aromatic rings. The van der Waals surface area contributed by atoms with Gasteiger partial charge in [-0.2, -0.15) is 15.5 Å². The van der Waals surface area contributed by atoms with Gasteiger partial charge in [0, 0.05) is 11.4 Å². The van der Waals surface area contributed by atoms with Gasteiger partial charge in [-0.1, -0.05) is 0 Å². The fourth-order valence-electron chi connectivity index (χ4n) is 2.65. The lowest BCUT2D eigenvalue weighted by Gasteiger charge is -2.14. The largest absolute Gasteiger partial charge is 0.338 e. The van der Waals surface area contributed by atoms with Crippen LogP contribution in [0.3, 0.4) is 0 Å². The Kier molecular flexibility index (Phi) is 4.96. The molecule has 27 heavy (non-hydrogen) atoms. The number of benzene rings is 2. The van der Waals surface area contributed by atoms with Gasteiger partial charge in [-0.15, -0.1) is 10.2 Å². The van der Waals surface area contributed by atoms with Gasteiger partial charge in [-0.25, -0.2) is 0 Å². The van der Waals surface area contributed by atoms with E-state index >= 15 is 0 Å². The Labute approximate surface area is 157 Å². The predicted octanol–water partition coefficient (Wildman–Crippen LogP) is 4.03. The topological polar surface area (TPSA) is 110 Å². The molecular weight excluding hydrogens is 338 g/mol. The summed E-state index contributed by atoms with van der Waals surface area (Å²) in [6.07, 6.45) is 0. The van der Waals surface area contributed by atoms with Crippen LogP contribution < -0.4 is 10.6 Å². The van der Waals surface area contributed by atoms with E-state index in [9.17, 15) is 0 Å². The van der Waals surface area contributed by atoms with Crippen molar-refractivity contribution >= 4 is 23.1 Å². The minimum absolute atomic E-state index is 0.344. The van der Waals surface area contributed by atoms with Crippen LogP contribution in [0.2, 0.25) is 0 Å². The van der Waals surface area contributed by atoms with Crippen molar-refractivity contribution in [2.75, 3.05) is 10.6 Å². The molecule has 7 nitrogen and oxygen atoms in total. The highest BCUT2D eigenvalue weighted by atomic mass is 15.3. The first-order valence-electron chi connectivity index (χ1n) is 8.27. The lowest BCUT2D eigenvalue weighted by atomic mass is 10.0. The van der Waals surface area contributed by atoms with Gasteiger partial charge in [-0.05, 0) is 68.3 Å². The van der Waals surface area contributed by atoms with Crippen LogP contribution in [0, 0.1) is 43.4 Å². The smallest absolute Gasteiger partial charge is 0.249 e. The molecule has 0 fully saturated rings. The molecule has 1 heterocycles. The Bertz CT molecular complexity index is 1050. The van der Waals surface area contributed by atoms with Crippen molar-refractivity contribution in [3.8, 4) is 12.1 Å². The van der Waals surface area contributed by atoms with Crippen molar-refractivity contribution in [1.29, 1.82) is 10.5 Å². The predicted molar refractivity (Wildman–Crippen MR) is 103 cm³/mol. The van der Waals surface area contributed by atoms with E-state index in [1.165, 1.54) is 0 Å². The fraction of sp³-hybridized carbons (Fsp3) is 0.150. The molecule has 0 spiro atoms. The van der Waals surface area contributed by atoms with Crippen molar-refractivity contribution in [2.45, 2.75) is 20.8 Å². The molecule has 0 aliphatic carbocycles. The molecule has 0 atom stereocenters. The number of aryl methyl sites for hydroxylation is 3. The molecule has 0 saturated heterocycles. The summed E-state index contributed by atoms with van der Waals surface area (Å²) in [5, 5.41) is 32.6. The van der Waals surface area contributed by atoms with Crippen LogP contribution in [0.1, 0.15) is 27.9 Å². The normalized spacial score (nSPS) is 9.96. The Morgan fingerprint density at radius 1 is 0.815 bits per heavy atom. The van der Waals surface area contributed by atoms with Crippen LogP contribution in [-0.2, 0) is 0 Å². The van der Waals surface area contributed by atoms with E-state index in [1.807, 2.05) is 32.9 Å². The molecule has 0 bridgehead atoms. The number of nitrogens with one attached hydrogen (secondary N) is 2. The third kappa shape index (κ3) is 4.00. The van der Waals surface area contributed by atoms with E-state index in [1.54, 1.807) is 24.3 Å². The zero-order valence-corrected chi connectivity index (χ0v) is 15.2. The number of rotatable bonds is 4. The number of anilines is 4. The Balaban J connectivity index is 1.88. The summed E-state index contributed by atoms with van der Waals surface area (Å²) in [5.74, 6) is 0.925. The average molecular weight is 355 g/mol. The number of aromatic nitrogens is 3. The van der Waals surface area contributed by atoms with E-state index in [-0.39, 0.29) is 0 Å². The Morgan fingerprint density at radius 2 is 1.44 bits per heavy atom. The van der Waals surface area contributed by atoms with Crippen molar-refractivity contribution in [3.63, 3.8) is 0 Å². The first kappa shape index (κ1) is 17.8. The quantitative estimate of drug-likeness (QED) is 0.727. The summed E-state index contributed by atoms with van der Waals surface area (Å²) in [7, 11) is 0. The molecule has 0 aliphatic heterocycles. The highest BCUT2D eigenvalue weighted by Gasteiger charge is 2.11. The zero-order chi connectivity index (χ0) is 19.4. The van der Waals surface area contributed by atoms with E-state index < -0.39 is 0 Å². The van der Waals surface area contributed by atoms with Gasteiger partial charge in [0.25, 0.3) is 0 Å². The minimum Gasteiger partial charge on any atom is -0.338 e. The highest BCUT2D eigenvalue weighted by molar-refractivity contribution is 5.68. The highest BCUT2D eigenvalue weighted by Crippen LogP contribution is 2.26. The number of hydrogen-bond donors (Lipinski definition) is 2. The minimum atomic E-state index is 0.344. The molecule has 0 unspecified atom stereocenters. The van der Waals surface area contributed by atoms with Gasteiger partial charge in [-0.3, -0.25) is 0 Å². The Morgan fingerprint density at radius 3 is 2.04 bits per heavy atom. The maximum absolute atomic E-state index is 9.09. The lowest BCUT2D eigenvalue weighted by molar-refractivity contribution is 0.939. The van der Waals surface area contributed by atoms with Gasteiger partial charge < -0.3 is 10.6 Å². The van der Waals surface area contributed by atoms with E-state index in [0.717, 1.165) is 22.5 Å². The molecule has 0 aliphatic rings. The van der Waals surface area contributed by atoms with Crippen molar-refractivity contribution in [2.24, 2.45) is 0 Å². The molecule has 7 heteroatoms.